The Morgan fingerprint density at radius 1 is 1.48 bits per heavy atom. The van der Waals surface area contributed by atoms with Crippen molar-refractivity contribution in [3.63, 3.8) is 0 Å². The highest BCUT2D eigenvalue weighted by molar-refractivity contribution is 8.00. The van der Waals surface area contributed by atoms with Gasteiger partial charge in [-0.3, -0.25) is 9.59 Å². The first-order chi connectivity index (χ1) is 12.0. The number of aryl methyl sites for hydroxylation is 1. The van der Waals surface area contributed by atoms with Gasteiger partial charge >= 0.3 is 0 Å². The van der Waals surface area contributed by atoms with Crippen LogP contribution in [0.1, 0.15) is 17.0 Å². The molecule has 1 aliphatic heterocycles. The summed E-state index contributed by atoms with van der Waals surface area (Å²) >= 11 is 1.36. The van der Waals surface area contributed by atoms with E-state index in [1.807, 2.05) is 0 Å². The minimum absolute atomic E-state index is 0.218. The maximum atomic E-state index is 13.7. The Morgan fingerprint density at radius 2 is 2.28 bits per heavy atom. The lowest BCUT2D eigenvalue weighted by Gasteiger charge is -2.28. The van der Waals surface area contributed by atoms with Gasteiger partial charge in [-0.1, -0.05) is 23.4 Å². The second-order valence-electron chi connectivity index (χ2n) is 5.83. The Labute approximate surface area is 148 Å². The molecule has 8 heteroatoms. The smallest absolute Gasteiger partial charge is 0.243 e. The van der Waals surface area contributed by atoms with Crippen LogP contribution in [0.5, 0.6) is 0 Å². The lowest BCUT2D eigenvalue weighted by atomic mass is 10.1. The predicted octanol–water partition coefficient (Wildman–Crippen LogP) is 1.58. The molecule has 1 aromatic heterocycles. The molecule has 1 aromatic carbocycles. The van der Waals surface area contributed by atoms with Gasteiger partial charge in [0.1, 0.15) is 11.9 Å². The fourth-order valence-corrected chi connectivity index (χ4v) is 3.72. The fourth-order valence-electron chi connectivity index (χ4n) is 2.55. The highest BCUT2D eigenvalue weighted by Crippen LogP contribution is 2.23. The summed E-state index contributed by atoms with van der Waals surface area (Å²) in [7, 11) is 0. The van der Waals surface area contributed by atoms with E-state index >= 15 is 0 Å². The molecule has 2 amide bonds. The molecular weight excluding hydrogens is 345 g/mol. The zero-order chi connectivity index (χ0) is 17.8. The van der Waals surface area contributed by atoms with Gasteiger partial charge in [-0.25, -0.2) is 4.39 Å². The number of aromatic nitrogens is 1. The van der Waals surface area contributed by atoms with Crippen LogP contribution in [-0.4, -0.2) is 34.0 Å². The van der Waals surface area contributed by atoms with Gasteiger partial charge < -0.3 is 15.2 Å². The van der Waals surface area contributed by atoms with Crippen molar-refractivity contribution in [3.8, 4) is 0 Å². The molecule has 1 fully saturated rings. The average molecular weight is 363 g/mol. The summed E-state index contributed by atoms with van der Waals surface area (Å²) < 4.78 is 18.7. The van der Waals surface area contributed by atoms with E-state index in [9.17, 15) is 14.0 Å². The predicted molar refractivity (Wildman–Crippen MR) is 91.4 cm³/mol. The van der Waals surface area contributed by atoms with Crippen LogP contribution < -0.4 is 10.6 Å². The molecular formula is C17H18FN3O3S. The molecule has 1 saturated heterocycles. The molecule has 25 heavy (non-hydrogen) atoms. The van der Waals surface area contributed by atoms with Crippen LogP contribution in [0.25, 0.3) is 0 Å². The molecule has 6 nitrogen and oxygen atoms in total. The number of halogens is 1. The Hall–Kier alpha value is -2.35. The number of nitrogens with one attached hydrogen (secondary N) is 2. The number of benzene rings is 1. The maximum Gasteiger partial charge on any atom is 0.243 e. The van der Waals surface area contributed by atoms with Gasteiger partial charge in [-0.2, -0.15) is 0 Å². The van der Waals surface area contributed by atoms with E-state index in [0.717, 1.165) is 5.69 Å². The molecule has 0 saturated carbocycles. The summed E-state index contributed by atoms with van der Waals surface area (Å²) in [4.78, 5) is 24.4. The largest absolute Gasteiger partial charge is 0.359 e. The lowest BCUT2D eigenvalue weighted by molar-refractivity contribution is -0.128. The summed E-state index contributed by atoms with van der Waals surface area (Å²) in [6, 6.07) is 7.52. The summed E-state index contributed by atoms with van der Waals surface area (Å²) in [6.45, 7) is 2.01. The van der Waals surface area contributed by atoms with Crippen molar-refractivity contribution in [1.82, 2.24) is 15.8 Å². The third-order valence-corrected chi connectivity index (χ3v) is 5.18. The third kappa shape index (κ3) is 4.39. The number of nitrogens with zero attached hydrogens (tertiary/aromatic N) is 1. The van der Waals surface area contributed by atoms with E-state index in [2.05, 4.69) is 15.8 Å². The van der Waals surface area contributed by atoms with Crippen molar-refractivity contribution in [2.75, 3.05) is 5.75 Å². The van der Waals surface area contributed by atoms with Gasteiger partial charge in [0.15, 0.2) is 5.76 Å². The standard InChI is InChI=1S/C17H18FN3O3S/c1-10-6-12(24-21-10)8-19-16(22)14-9-25-15(17(23)20-14)7-11-4-2-3-5-13(11)18/h2-6,14-15H,7-9H2,1H3,(H,19,22)(H,20,23). The Balaban J connectivity index is 1.51. The van der Waals surface area contributed by atoms with Gasteiger partial charge in [0.2, 0.25) is 11.8 Å². The minimum atomic E-state index is -0.613. The van der Waals surface area contributed by atoms with Crippen LogP contribution in [0.3, 0.4) is 0 Å². The molecule has 2 unspecified atom stereocenters. The topological polar surface area (TPSA) is 84.2 Å². The molecule has 0 radical (unpaired) electrons. The Kier molecular flexibility index (Phi) is 5.37. The van der Waals surface area contributed by atoms with E-state index in [0.29, 0.717) is 23.5 Å². The van der Waals surface area contributed by atoms with E-state index in [4.69, 9.17) is 4.52 Å². The zero-order valence-electron chi connectivity index (χ0n) is 13.6. The van der Waals surface area contributed by atoms with E-state index in [-0.39, 0.29) is 24.2 Å². The van der Waals surface area contributed by atoms with Crippen molar-refractivity contribution in [2.24, 2.45) is 0 Å². The lowest BCUT2D eigenvalue weighted by Crippen LogP contribution is -2.54. The molecule has 2 aromatic rings. The van der Waals surface area contributed by atoms with Crippen LogP contribution in [-0.2, 0) is 22.6 Å². The summed E-state index contributed by atoms with van der Waals surface area (Å²) in [5.41, 5.74) is 1.24. The first-order valence-electron chi connectivity index (χ1n) is 7.88. The third-order valence-electron chi connectivity index (χ3n) is 3.87. The number of carbonyl (C=O) groups excluding carboxylic acids is 2. The van der Waals surface area contributed by atoms with Crippen LogP contribution in [0, 0.1) is 12.7 Å². The highest BCUT2D eigenvalue weighted by atomic mass is 32.2. The molecule has 0 aliphatic carbocycles. The molecule has 3 rings (SSSR count). The van der Waals surface area contributed by atoms with Crippen LogP contribution >= 0.6 is 11.8 Å². The highest BCUT2D eigenvalue weighted by Gasteiger charge is 2.32. The maximum absolute atomic E-state index is 13.7. The van der Waals surface area contributed by atoms with Gasteiger partial charge in [-0.05, 0) is 25.0 Å². The Bertz CT molecular complexity index is 780. The normalized spacial score (nSPS) is 20.2. The molecule has 132 valence electrons. The molecule has 0 spiro atoms. The van der Waals surface area contributed by atoms with Crippen molar-refractivity contribution in [2.45, 2.75) is 31.2 Å². The molecule has 2 atom stereocenters. The minimum Gasteiger partial charge on any atom is -0.359 e. The SMILES string of the molecule is Cc1cc(CNC(=O)C2CSC(Cc3ccccc3F)C(=O)N2)on1. The van der Waals surface area contributed by atoms with E-state index in [1.54, 1.807) is 31.2 Å². The molecule has 2 N–H and O–H groups in total. The fraction of sp³-hybridized carbons (Fsp3) is 0.353. The van der Waals surface area contributed by atoms with E-state index < -0.39 is 11.3 Å². The summed E-state index contributed by atoms with van der Waals surface area (Å²) in [6.07, 6.45) is 0.300. The van der Waals surface area contributed by atoms with Gasteiger partial charge in [0.05, 0.1) is 17.5 Å². The van der Waals surface area contributed by atoms with Gasteiger partial charge in [-0.15, -0.1) is 11.8 Å². The zero-order valence-corrected chi connectivity index (χ0v) is 14.4. The first kappa shape index (κ1) is 17.5. The van der Waals surface area contributed by atoms with Crippen LogP contribution in [0.4, 0.5) is 4.39 Å². The average Bonchev–Trinajstić information content (AvgIpc) is 3.02. The number of hydrogen-bond donors (Lipinski definition) is 2. The second kappa shape index (κ2) is 7.69. The van der Waals surface area contributed by atoms with Crippen molar-refractivity contribution in [1.29, 1.82) is 0 Å². The number of carbonyl (C=O) groups is 2. The quantitative estimate of drug-likeness (QED) is 0.843. The monoisotopic (exact) mass is 363 g/mol. The van der Waals surface area contributed by atoms with Crippen molar-refractivity contribution >= 4 is 23.6 Å². The summed E-state index contributed by atoms with van der Waals surface area (Å²) in [5.74, 6) is 0.136. The summed E-state index contributed by atoms with van der Waals surface area (Å²) in [5, 5.41) is 8.76. The number of hydrogen-bond acceptors (Lipinski definition) is 5. The number of amides is 2. The van der Waals surface area contributed by atoms with Crippen LogP contribution in [0.2, 0.25) is 0 Å². The van der Waals surface area contributed by atoms with E-state index in [1.165, 1.54) is 17.8 Å². The second-order valence-corrected chi connectivity index (χ2v) is 7.07. The van der Waals surface area contributed by atoms with Gasteiger partial charge in [0.25, 0.3) is 0 Å². The molecule has 0 bridgehead atoms. The van der Waals surface area contributed by atoms with Crippen molar-refractivity contribution < 1.29 is 18.5 Å². The number of thioether (sulfide) groups is 1. The number of rotatable bonds is 5. The van der Waals surface area contributed by atoms with Gasteiger partial charge in [0, 0.05) is 11.8 Å². The van der Waals surface area contributed by atoms with Crippen LogP contribution in [0.15, 0.2) is 34.9 Å². The van der Waals surface area contributed by atoms with Crippen molar-refractivity contribution in [3.05, 3.63) is 53.2 Å². The Morgan fingerprint density at radius 3 is 2.96 bits per heavy atom. The first-order valence-corrected chi connectivity index (χ1v) is 8.93. The molecule has 2 heterocycles. The molecule has 1 aliphatic rings.